The Kier molecular flexibility index (Phi) is 5.52. The van der Waals surface area contributed by atoms with Crippen molar-refractivity contribution in [1.82, 2.24) is 10.0 Å². The summed E-state index contributed by atoms with van der Waals surface area (Å²) in [5, 5.41) is 5.11. The van der Waals surface area contributed by atoms with Gasteiger partial charge >= 0.3 is 0 Å². The van der Waals surface area contributed by atoms with Gasteiger partial charge in [0, 0.05) is 11.4 Å². The molecule has 114 valence electrons. The van der Waals surface area contributed by atoms with Gasteiger partial charge < -0.3 is 5.32 Å². The van der Waals surface area contributed by atoms with Gasteiger partial charge in [0.25, 0.3) is 0 Å². The van der Waals surface area contributed by atoms with Crippen molar-refractivity contribution < 1.29 is 8.42 Å². The fraction of sp³-hybridized carbons (Fsp3) is 0.333. The molecule has 1 heterocycles. The summed E-state index contributed by atoms with van der Waals surface area (Å²) in [6.45, 7) is 5.19. The molecular weight excluding hydrogens is 304 g/mol. The van der Waals surface area contributed by atoms with Crippen molar-refractivity contribution in [2.24, 2.45) is 0 Å². The average Bonchev–Trinajstić information content (AvgIpc) is 2.99. The van der Waals surface area contributed by atoms with E-state index >= 15 is 0 Å². The number of nitrogens with one attached hydrogen (secondary N) is 2. The van der Waals surface area contributed by atoms with Crippen molar-refractivity contribution in [2.45, 2.75) is 31.3 Å². The quantitative estimate of drug-likeness (QED) is 0.823. The third-order valence-electron chi connectivity index (χ3n) is 3.13. The van der Waals surface area contributed by atoms with Gasteiger partial charge in [0.05, 0.1) is 10.9 Å². The lowest BCUT2D eigenvalue weighted by Gasteiger charge is -2.15. The molecule has 1 aromatic carbocycles. The van der Waals surface area contributed by atoms with Crippen LogP contribution in [0.25, 0.3) is 0 Å². The van der Waals surface area contributed by atoms with Gasteiger partial charge in [0.1, 0.15) is 0 Å². The molecule has 1 aromatic heterocycles. The average molecular weight is 324 g/mol. The summed E-state index contributed by atoms with van der Waals surface area (Å²) in [4.78, 5) is 1.34. The molecule has 0 amide bonds. The maximum Gasteiger partial charge on any atom is 0.241 e. The maximum atomic E-state index is 12.6. The summed E-state index contributed by atoms with van der Waals surface area (Å²) in [5.74, 6) is 0. The summed E-state index contributed by atoms with van der Waals surface area (Å²) in [5.41, 5.74) is 0.783. The fourth-order valence-corrected chi connectivity index (χ4v) is 4.34. The minimum absolute atomic E-state index is 0.234. The summed E-state index contributed by atoms with van der Waals surface area (Å²) in [7, 11) is -3.53. The van der Waals surface area contributed by atoms with Gasteiger partial charge in [0.2, 0.25) is 10.0 Å². The van der Waals surface area contributed by atoms with Gasteiger partial charge in [-0.25, -0.2) is 13.1 Å². The summed E-state index contributed by atoms with van der Waals surface area (Å²) in [6.07, 6.45) is 0. The molecule has 2 aromatic rings. The zero-order valence-electron chi connectivity index (χ0n) is 12.2. The van der Waals surface area contributed by atoms with Crippen LogP contribution in [0.4, 0.5) is 0 Å². The SMILES string of the molecule is CCNCc1ccccc1S(=O)(=O)NC(C)c1cccs1. The highest BCUT2D eigenvalue weighted by molar-refractivity contribution is 7.89. The van der Waals surface area contributed by atoms with Crippen molar-refractivity contribution >= 4 is 21.4 Å². The van der Waals surface area contributed by atoms with Crippen LogP contribution in [0.3, 0.4) is 0 Å². The molecule has 2 N–H and O–H groups in total. The lowest BCUT2D eigenvalue weighted by atomic mass is 10.2. The first-order valence-corrected chi connectivity index (χ1v) is 9.25. The van der Waals surface area contributed by atoms with Crippen LogP contribution in [0.2, 0.25) is 0 Å². The Morgan fingerprint density at radius 1 is 1.19 bits per heavy atom. The molecule has 1 atom stereocenters. The topological polar surface area (TPSA) is 58.2 Å². The Hall–Kier alpha value is -1.21. The summed E-state index contributed by atoms with van der Waals surface area (Å²) < 4.78 is 27.9. The zero-order valence-corrected chi connectivity index (χ0v) is 13.8. The number of hydrogen-bond donors (Lipinski definition) is 2. The van der Waals surface area contributed by atoms with Gasteiger partial charge in [-0.05, 0) is 36.5 Å². The van der Waals surface area contributed by atoms with E-state index in [1.807, 2.05) is 43.5 Å². The molecule has 6 heteroatoms. The molecular formula is C15H20N2O2S2. The van der Waals surface area contributed by atoms with Crippen LogP contribution in [-0.4, -0.2) is 15.0 Å². The van der Waals surface area contributed by atoms with Gasteiger partial charge in [-0.2, -0.15) is 0 Å². The normalized spacial score (nSPS) is 13.2. The Morgan fingerprint density at radius 2 is 1.95 bits per heavy atom. The van der Waals surface area contributed by atoms with Crippen LogP contribution < -0.4 is 10.0 Å². The van der Waals surface area contributed by atoms with Gasteiger partial charge in [-0.15, -0.1) is 11.3 Å². The second-order valence-electron chi connectivity index (χ2n) is 4.75. The van der Waals surface area contributed by atoms with Gasteiger partial charge in [-0.1, -0.05) is 31.2 Å². The lowest BCUT2D eigenvalue weighted by Crippen LogP contribution is -2.28. The van der Waals surface area contributed by atoms with Crippen LogP contribution in [0.5, 0.6) is 0 Å². The molecule has 0 saturated carbocycles. The maximum absolute atomic E-state index is 12.6. The number of rotatable bonds is 7. The number of sulfonamides is 1. The van der Waals surface area contributed by atoms with Crippen molar-refractivity contribution in [3.63, 3.8) is 0 Å². The monoisotopic (exact) mass is 324 g/mol. The number of thiophene rings is 1. The lowest BCUT2D eigenvalue weighted by molar-refractivity contribution is 0.566. The summed E-state index contributed by atoms with van der Waals surface area (Å²) in [6, 6.07) is 10.7. The third kappa shape index (κ3) is 4.14. The van der Waals surface area contributed by atoms with Gasteiger partial charge in [-0.3, -0.25) is 0 Å². The van der Waals surface area contributed by atoms with E-state index in [9.17, 15) is 8.42 Å². The fourth-order valence-electron chi connectivity index (χ4n) is 2.06. The minimum atomic E-state index is -3.53. The number of hydrogen-bond acceptors (Lipinski definition) is 4. The summed E-state index contributed by atoms with van der Waals surface area (Å²) >= 11 is 1.55. The third-order valence-corrected chi connectivity index (χ3v) is 5.83. The van der Waals surface area contributed by atoms with Crippen LogP contribution in [0.15, 0.2) is 46.7 Å². The second-order valence-corrected chi connectivity index (χ2v) is 7.41. The van der Waals surface area contributed by atoms with E-state index in [4.69, 9.17) is 0 Å². The van der Waals surface area contributed by atoms with E-state index in [1.165, 1.54) is 0 Å². The number of benzene rings is 1. The van der Waals surface area contributed by atoms with E-state index in [-0.39, 0.29) is 6.04 Å². The molecule has 0 fully saturated rings. The Balaban J connectivity index is 2.23. The van der Waals surface area contributed by atoms with Crippen LogP contribution in [-0.2, 0) is 16.6 Å². The Labute approximate surface area is 130 Å². The molecule has 0 saturated heterocycles. The second kappa shape index (κ2) is 7.17. The zero-order chi connectivity index (χ0) is 15.3. The molecule has 0 spiro atoms. The van der Waals surface area contributed by atoms with Gasteiger partial charge in [0.15, 0.2) is 0 Å². The largest absolute Gasteiger partial charge is 0.313 e. The first-order valence-electron chi connectivity index (χ1n) is 6.89. The van der Waals surface area contributed by atoms with Crippen molar-refractivity contribution in [3.05, 3.63) is 52.2 Å². The molecule has 1 unspecified atom stereocenters. The smallest absolute Gasteiger partial charge is 0.241 e. The standard InChI is InChI=1S/C15H20N2O2S2/c1-3-16-11-13-7-4-5-9-15(13)21(18,19)17-12(2)14-8-6-10-20-14/h4-10,12,16-17H,3,11H2,1-2H3. The van der Waals surface area contributed by atoms with E-state index in [0.717, 1.165) is 17.0 Å². The van der Waals surface area contributed by atoms with Crippen molar-refractivity contribution in [3.8, 4) is 0 Å². The molecule has 0 aliphatic rings. The predicted octanol–water partition coefficient (Wildman–Crippen LogP) is 2.90. The molecule has 0 aliphatic carbocycles. The highest BCUT2D eigenvalue weighted by Gasteiger charge is 2.21. The van der Waals surface area contributed by atoms with Crippen LogP contribution in [0.1, 0.15) is 30.3 Å². The van der Waals surface area contributed by atoms with Crippen LogP contribution >= 0.6 is 11.3 Å². The van der Waals surface area contributed by atoms with E-state index in [2.05, 4.69) is 10.0 Å². The van der Waals surface area contributed by atoms with Crippen molar-refractivity contribution in [2.75, 3.05) is 6.54 Å². The molecule has 0 bridgehead atoms. The first kappa shape index (κ1) is 16.2. The van der Waals surface area contributed by atoms with E-state index in [1.54, 1.807) is 23.5 Å². The minimum Gasteiger partial charge on any atom is -0.313 e. The molecule has 0 radical (unpaired) electrons. The Morgan fingerprint density at radius 3 is 2.62 bits per heavy atom. The predicted molar refractivity (Wildman–Crippen MR) is 86.9 cm³/mol. The highest BCUT2D eigenvalue weighted by Crippen LogP contribution is 2.22. The van der Waals surface area contributed by atoms with E-state index in [0.29, 0.717) is 11.4 Å². The molecule has 4 nitrogen and oxygen atoms in total. The Bertz CT molecular complexity index is 667. The van der Waals surface area contributed by atoms with Crippen molar-refractivity contribution in [1.29, 1.82) is 0 Å². The highest BCUT2D eigenvalue weighted by atomic mass is 32.2. The molecule has 0 aliphatic heterocycles. The first-order chi connectivity index (χ1) is 10.0. The molecule has 2 rings (SSSR count). The van der Waals surface area contributed by atoms with Crippen LogP contribution in [0, 0.1) is 0 Å². The molecule has 21 heavy (non-hydrogen) atoms. The van der Waals surface area contributed by atoms with E-state index < -0.39 is 10.0 Å².